The third kappa shape index (κ3) is 5.00. The minimum atomic E-state index is -0.208. The van der Waals surface area contributed by atoms with Crippen LogP contribution >= 0.6 is 11.8 Å². The van der Waals surface area contributed by atoms with Crippen molar-refractivity contribution in [2.75, 3.05) is 39.3 Å². The van der Waals surface area contributed by atoms with Crippen LogP contribution in [0.3, 0.4) is 0 Å². The van der Waals surface area contributed by atoms with E-state index in [-0.39, 0.29) is 5.91 Å². The van der Waals surface area contributed by atoms with E-state index in [2.05, 4.69) is 27.4 Å². The first-order chi connectivity index (χ1) is 13.2. The van der Waals surface area contributed by atoms with Gasteiger partial charge in [-0.2, -0.15) is 10.3 Å². The second-order valence-corrected chi connectivity index (χ2v) is 7.19. The van der Waals surface area contributed by atoms with Crippen LogP contribution in [0, 0.1) is 11.3 Å². The van der Waals surface area contributed by atoms with Crippen molar-refractivity contribution < 1.29 is 9.53 Å². The lowest BCUT2D eigenvalue weighted by atomic mass is 10.2. The zero-order valence-electron chi connectivity index (χ0n) is 15.1. The Morgan fingerprint density at radius 1 is 1.30 bits per heavy atom. The molecule has 140 valence electrons. The standard InChI is InChI=1S/C20H22N4O2S/c1-2-14-26-17-7-4-3-6-16(17)15-18-19(25)22-20(27-18)24-12-10-23(11-13-24)9-5-8-21/h2-4,6-7,15H,1,5,9-14H2/b18-15+. The number of ether oxygens (including phenoxy) is 1. The topological polar surface area (TPSA) is 68.9 Å². The second kappa shape index (κ2) is 9.40. The van der Waals surface area contributed by atoms with E-state index in [4.69, 9.17) is 10.00 Å². The fourth-order valence-electron chi connectivity index (χ4n) is 2.93. The van der Waals surface area contributed by atoms with Crippen molar-refractivity contribution in [2.45, 2.75) is 6.42 Å². The van der Waals surface area contributed by atoms with Gasteiger partial charge < -0.3 is 9.64 Å². The SMILES string of the molecule is C=CCOc1ccccc1/C=C1/SC(N2CCN(CCC#N)CC2)=NC1=O. The molecule has 6 nitrogen and oxygen atoms in total. The quantitative estimate of drug-likeness (QED) is 0.557. The van der Waals surface area contributed by atoms with Gasteiger partial charge in [-0.1, -0.05) is 30.9 Å². The molecule has 1 fully saturated rings. The fraction of sp³-hybridized carbons (Fsp3) is 0.350. The van der Waals surface area contributed by atoms with Crippen LogP contribution in [0.15, 0.2) is 46.8 Å². The molecule has 27 heavy (non-hydrogen) atoms. The number of benzene rings is 1. The number of piperazine rings is 1. The Balaban J connectivity index is 1.64. The summed E-state index contributed by atoms with van der Waals surface area (Å²) in [4.78, 5) is 21.6. The van der Waals surface area contributed by atoms with Gasteiger partial charge in [-0.15, -0.1) is 0 Å². The molecular weight excluding hydrogens is 360 g/mol. The number of hydrogen-bond acceptors (Lipinski definition) is 6. The molecule has 0 aromatic heterocycles. The van der Waals surface area contributed by atoms with Gasteiger partial charge in [0, 0.05) is 44.7 Å². The van der Waals surface area contributed by atoms with Crippen LogP contribution in [0.5, 0.6) is 5.75 Å². The van der Waals surface area contributed by atoms with Crippen molar-refractivity contribution in [3.05, 3.63) is 47.4 Å². The summed E-state index contributed by atoms with van der Waals surface area (Å²) in [5, 5.41) is 9.46. The molecule has 0 atom stereocenters. The molecular formula is C20H22N4O2S. The van der Waals surface area contributed by atoms with Crippen molar-refractivity contribution in [1.82, 2.24) is 9.80 Å². The van der Waals surface area contributed by atoms with Gasteiger partial charge in [0.1, 0.15) is 12.4 Å². The normalized spacial score (nSPS) is 19.1. The average Bonchev–Trinajstić information content (AvgIpc) is 3.06. The molecule has 3 rings (SSSR count). The highest BCUT2D eigenvalue weighted by molar-refractivity contribution is 8.18. The van der Waals surface area contributed by atoms with Crippen LogP contribution in [0.2, 0.25) is 0 Å². The summed E-state index contributed by atoms with van der Waals surface area (Å²) in [5.41, 5.74) is 0.855. The van der Waals surface area contributed by atoms with Gasteiger partial charge in [0.25, 0.3) is 5.91 Å². The molecule has 2 aliphatic heterocycles. The van der Waals surface area contributed by atoms with E-state index in [1.54, 1.807) is 6.08 Å². The number of nitrogens with zero attached hydrogens (tertiary/aromatic N) is 4. The van der Waals surface area contributed by atoms with Crippen LogP contribution in [0.4, 0.5) is 0 Å². The average molecular weight is 382 g/mol. The largest absolute Gasteiger partial charge is 0.489 e. The number of thioether (sulfide) groups is 1. The highest BCUT2D eigenvalue weighted by atomic mass is 32.2. The number of para-hydroxylation sites is 1. The summed E-state index contributed by atoms with van der Waals surface area (Å²) in [6.45, 7) is 8.28. The maximum Gasteiger partial charge on any atom is 0.286 e. The molecule has 1 aromatic rings. The molecule has 0 spiro atoms. The molecule has 0 radical (unpaired) electrons. The molecule has 0 unspecified atom stereocenters. The summed E-state index contributed by atoms with van der Waals surface area (Å²) < 4.78 is 5.66. The number of carbonyl (C=O) groups excluding carboxylic acids is 1. The Labute approximate surface area is 163 Å². The highest BCUT2D eigenvalue weighted by Crippen LogP contribution is 2.32. The molecule has 2 aliphatic rings. The van der Waals surface area contributed by atoms with Crippen molar-refractivity contribution in [3.8, 4) is 11.8 Å². The fourth-order valence-corrected chi connectivity index (χ4v) is 3.88. The molecule has 0 aliphatic carbocycles. The third-order valence-corrected chi connectivity index (χ3v) is 5.40. The number of hydrogen-bond donors (Lipinski definition) is 0. The van der Waals surface area contributed by atoms with Gasteiger partial charge in [-0.05, 0) is 23.9 Å². The predicted octanol–water partition coefficient (Wildman–Crippen LogP) is 2.75. The molecule has 1 aromatic carbocycles. The number of amides is 1. The van der Waals surface area contributed by atoms with Crippen molar-refractivity contribution in [3.63, 3.8) is 0 Å². The Kier molecular flexibility index (Phi) is 6.69. The van der Waals surface area contributed by atoms with Gasteiger partial charge in [-0.25, -0.2) is 0 Å². The Morgan fingerprint density at radius 3 is 2.81 bits per heavy atom. The van der Waals surface area contributed by atoms with E-state index in [1.807, 2.05) is 30.3 Å². The number of rotatable bonds is 6. The second-order valence-electron chi connectivity index (χ2n) is 6.18. The van der Waals surface area contributed by atoms with Crippen LogP contribution in [-0.2, 0) is 4.79 Å². The van der Waals surface area contributed by atoms with Crippen LogP contribution < -0.4 is 4.74 Å². The lowest BCUT2D eigenvalue weighted by Crippen LogP contribution is -2.47. The van der Waals surface area contributed by atoms with E-state index >= 15 is 0 Å². The van der Waals surface area contributed by atoms with Crippen LogP contribution in [0.25, 0.3) is 6.08 Å². The van der Waals surface area contributed by atoms with Gasteiger partial charge in [-0.3, -0.25) is 9.69 Å². The van der Waals surface area contributed by atoms with Gasteiger partial charge in [0.15, 0.2) is 5.17 Å². The number of nitriles is 1. The minimum Gasteiger partial charge on any atom is -0.489 e. The molecule has 2 heterocycles. The summed E-state index contributed by atoms with van der Waals surface area (Å²) in [5.74, 6) is 0.512. The summed E-state index contributed by atoms with van der Waals surface area (Å²) in [6.07, 6.45) is 4.08. The molecule has 1 saturated heterocycles. The van der Waals surface area contributed by atoms with Crippen molar-refractivity contribution in [2.24, 2.45) is 4.99 Å². The molecule has 1 amide bonds. The van der Waals surface area contributed by atoms with Gasteiger partial charge >= 0.3 is 0 Å². The van der Waals surface area contributed by atoms with E-state index in [0.29, 0.717) is 17.9 Å². The zero-order valence-corrected chi connectivity index (χ0v) is 16.0. The molecule has 7 heteroatoms. The van der Waals surface area contributed by atoms with Gasteiger partial charge in [0.05, 0.1) is 11.0 Å². The van der Waals surface area contributed by atoms with Crippen LogP contribution in [0.1, 0.15) is 12.0 Å². The summed E-state index contributed by atoms with van der Waals surface area (Å²) >= 11 is 1.41. The first-order valence-electron chi connectivity index (χ1n) is 8.91. The van der Waals surface area contributed by atoms with Crippen molar-refractivity contribution in [1.29, 1.82) is 5.26 Å². The molecule has 0 N–H and O–H groups in total. The van der Waals surface area contributed by atoms with Crippen LogP contribution in [-0.4, -0.2) is 60.2 Å². The van der Waals surface area contributed by atoms with E-state index < -0.39 is 0 Å². The van der Waals surface area contributed by atoms with E-state index in [0.717, 1.165) is 49.2 Å². The first kappa shape index (κ1) is 19.2. The Hall–Kier alpha value is -2.56. The molecule has 0 saturated carbocycles. The van der Waals surface area contributed by atoms with E-state index in [1.165, 1.54) is 11.8 Å². The smallest absolute Gasteiger partial charge is 0.286 e. The molecule has 0 bridgehead atoms. The number of aliphatic imine (C=N–C) groups is 1. The summed E-state index contributed by atoms with van der Waals surface area (Å²) in [6, 6.07) is 9.80. The highest BCUT2D eigenvalue weighted by Gasteiger charge is 2.28. The van der Waals surface area contributed by atoms with Crippen molar-refractivity contribution >= 4 is 28.9 Å². The monoisotopic (exact) mass is 382 g/mol. The summed E-state index contributed by atoms with van der Waals surface area (Å²) in [7, 11) is 0. The minimum absolute atomic E-state index is 0.208. The number of amidine groups is 1. The Bertz CT molecular complexity index is 804. The predicted molar refractivity (Wildman–Crippen MR) is 108 cm³/mol. The van der Waals surface area contributed by atoms with Gasteiger partial charge in [0.2, 0.25) is 0 Å². The maximum absolute atomic E-state index is 12.4. The first-order valence-corrected chi connectivity index (χ1v) is 9.72. The maximum atomic E-state index is 12.4. The lowest BCUT2D eigenvalue weighted by Gasteiger charge is -2.34. The Morgan fingerprint density at radius 2 is 2.07 bits per heavy atom. The van der Waals surface area contributed by atoms with E-state index in [9.17, 15) is 4.79 Å². The lowest BCUT2D eigenvalue weighted by molar-refractivity contribution is -0.113. The zero-order chi connectivity index (χ0) is 19.1. The third-order valence-electron chi connectivity index (χ3n) is 4.35. The number of carbonyl (C=O) groups is 1.